The van der Waals surface area contributed by atoms with Crippen LogP contribution in [-0.4, -0.2) is 53.1 Å². The Morgan fingerprint density at radius 1 is 1.27 bits per heavy atom. The van der Waals surface area contributed by atoms with Gasteiger partial charge in [0.15, 0.2) is 14.9 Å². The van der Waals surface area contributed by atoms with Crippen LogP contribution in [0.1, 0.15) is 64.5 Å². The van der Waals surface area contributed by atoms with Crippen LogP contribution in [0, 0.1) is 0 Å². The van der Waals surface area contributed by atoms with Crippen molar-refractivity contribution in [3.05, 3.63) is 11.8 Å². The summed E-state index contributed by atoms with van der Waals surface area (Å²) in [6, 6.07) is 1.34. The SMILES string of the molecule is Cn1nc(C2CC2)cc1S(=O)(=O)CC1CCCCN1C(=O)OC(C)(C)C. The van der Waals surface area contributed by atoms with E-state index in [9.17, 15) is 13.2 Å². The van der Waals surface area contributed by atoms with Gasteiger partial charge in [-0.25, -0.2) is 13.2 Å². The summed E-state index contributed by atoms with van der Waals surface area (Å²) >= 11 is 0. The minimum absolute atomic E-state index is 0.0874. The number of hydrogen-bond acceptors (Lipinski definition) is 5. The van der Waals surface area contributed by atoms with E-state index in [1.54, 1.807) is 18.0 Å². The fourth-order valence-corrected chi connectivity index (χ4v) is 5.18. The number of aromatic nitrogens is 2. The Balaban J connectivity index is 1.77. The van der Waals surface area contributed by atoms with Gasteiger partial charge in [-0.1, -0.05) is 0 Å². The molecule has 1 aromatic rings. The Hall–Kier alpha value is -1.57. The molecule has 26 heavy (non-hydrogen) atoms. The van der Waals surface area contributed by atoms with Gasteiger partial charge in [0, 0.05) is 25.6 Å². The van der Waals surface area contributed by atoms with E-state index in [-0.39, 0.29) is 16.8 Å². The number of aryl methyl sites for hydroxylation is 1. The molecule has 1 unspecified atom stereocenters. The molecule has 1 aliphatic carbocycles. The smallest absolute Gasteiger partial charge is 0.410 e. The number of ether oxygens (including phenoxy) is 1. The van der Waals surface area contributed by atoms with Crippen LogP contribution in [0.5, 0.6) is 0 Å². The maximum atomic E-state index is 13.0. The highest BCUT2D eigenvalue weighted by Gasteiger charge is 2.36. The van der Waals surface area contributed by atoms with Crippen LogP contribution >= 0.6 is 0 Å². The predicted octanol–water partition coefficient (Wildman–Crippen LogP) is 2.86. The first-order chi connectivity index (χ1) is 12.1. The molecule has 3 rings (SSSR count). The van der Waals surface area contributed by atoms with Gasteiger partial charge in [-0.15, -0.1) is 0 Å². The Kier molecular flexibility index (Phi) is 5.07. The van der Waals surface area contributed by atoms with Crippen LogP contribution in [0.3, 0.4) is 0 Å². The lowest BCUT2D eigenvalue weighted by molar-refractivity contribution is 0.0124. The zero-order chi connectivity index (χ0) is 19.1. The number of likely N-dealkylation sites (tertiary alicyclic amines) is 1. The number of piperidine rings is 1. The number of carbonyl (C=O) groups excluding carboxylic acids is 1. The van der Waals surface area contributed by atoms with Crippen molar-refractivity contribution in [2.75, 3.05) is 12.3 Å². The molecule has 1 amide bonds. The van der Waals surface area contributed by atoms with Crippen molar-refractivity contribution < 1.29 is 17.9 Å². The first-order valence-electron chi connectivity index (χ1n) is 9.33. The largest absolute Gasteiger partial charge is 0.444 e. The lowest BCUT2D eigenvalue weighted by Crippen LogP contribution is -2.49. The Morgan fingerprint density at radius 3 is 2.58 bits per heavy atom. The molecule has 1 saturated carbocycles. The van der Waals surface area contributed by atoms with Crippen molar-refractivity contribution in [3.8, 4) is 0 Å². The van der Waals surface area contributed by atoms with Crippen molar-refractivity contribution in [2.45, 2.75) is 75.5 Å². The molecule has 0 aromatic carbocycles. The van der Waals surface area contributed by atoms with Crippen molar-refractivity contribution >= 4 is 15.9 Å². The summed E-state index contributed by atoms with van der Waals surface area (Å²) < 4.78 is 32.9. The van der Waals surface area contributed by atoms with E-state index in [4.69, 9.17) is 4.74 Å². The predicted molar refractivity (Wildman–Crippen MR) is 97.8 cm³/mol. The van der Waals surface area contributed by atoms with Gasteiger partial charge < -0.3 is 9.64 Å². The van der Waals surface area contributed by atoms with Crippen LogP contribution in [-0.2, 0) is 21.6 Å². The molecule has 1 aromatic heterocycles. The standard InChI is InChI=1S/C18H29N3O4S/c1-18(2,3)25-17(22)21-10-6-5-7-14(21)12-26(23,24)16-11-15(13-8-9-13)19-20(16)4/h11,13-14H,5-10,12H2,1-4H3. The van der Waals surface area contributed by atoms with E-state index in [1.807, 2.05) is 20.8 Å². The average Bonchev–Trinajstić information content (AvgIpc) is 3.28. The molecule has 1 saturated heterocycles. The monoisotopic (exact) mass is 383 g/mol. The van der Waals surface area contributed by atoms with Crippen molar-refractivity contribution in [1.82, 2.24) is 14.7 Å². The van der Waals surface area contributed by atoms with Gasteiger partial charge in [-0.2, -0.15) is 5.10 Å². The van der Waals surface area contributed by atoms with Crippen LogP contribution in [0.2, 0.25) is 0 Å². The van der Waals surface area contributed by atoms with E-state index in [0.717, 1.165) is 31.4 Å². The first kappa shape index (κ1) is 19.2. The maximum absolute atomic E-state index is 13.0. The fraction of sp³-hybridized carbons (Fsp3) is 0.778. The average molecular weight is 384 g/mol. The molecule has 0 bridgehead atoms. The maximum Gasteiger partial charge on any atom is 0.410 e. The molecule has 8 heteroatoms. The topological polar surface area (TPSA) is 81.5 Å². The molecule has 146 valence electrons. The molecule has 1 aliphatic heterocycles. The second kappa shape index (κ2) is 6.87. The van der Waals surface area contributed by atoms with Crippen LogP contribution in [0.25, 0.3) is 0 Å². The third-order valence-corrected chi connectivity index (χ3v) is 6.68. The zero-order valence-corrected chi connectivity index (χ0v) is 16.9. The molecule has 2 heterocycles. The van der Waals surface area contributed by atoms with Crippen LogP contribution < -0.4 is 0 Å². The summed E-state index contributed by atoms with van der Waals surface area (Å²) in [6.07, 6.45) is 4.18. The van der Waals surface area contributed by atoms with Gasteiger partial charge in [0.05, 0.1) is 11.4 Å². The summed E-state index contributed by atoms with van der Waals surface area (Å²) in [6.45, 7) is 5.98. The Labute approximate surface area is 155 Å². The molecule has 1 atom stereocenters. The molecule has 7 nitrogen and oxygen atoms in total. The van der Waals surface area contributed by atoms with Gasteiger partial charge in [-0.3, -0.25) is 4.68 Å². The van der Waals surface area contributed by atoms with E-state index in [1.165, 1.54) is 4.68 Å². The zero-order valence-electron chi connectivity index (χ0n) is 16.1. The second-order valence-electron chi connectivity index (χ2n) is 8.41. The Bertz CT molecular complexity index is 775. The van der Waals surface area contributed by atoms with Crippen molar-refractivity contribution in [1.29, 1.82) is 0 Å². The number of rotatable bonds is 4. The number of nitrogens with zero attached hydrogens (tertiary/aromatic N) is 3. The van der Waals surface area contributed by atoms with Gasteiger partial charge in [0.1, 0.15) is 5.60 Å². The second-order valence-corrected chi connectivity index (χ2v) is 10.4. The third kappa shape index (κ3) is 4.39. The molecule has 0 N–H and O–H groups in total. The Morgan fingerprint density at radius 2 is 1.96 bits per heavy atom. The van der Waals surface area contributed by atoms with Crippen LogP contribution in [0.15, 0.2) is 11.1 Å². The summed E-state index contributed by atoms with van der Waals surface area (Å²) in [4.78, 5) is 14.1. The van der Waals surface area contributed by atoms with E-state index in [2.05, 4.69) is 5.10 Å². The quantitative estimate of drug-likeness (QED) is 0.798. The van der Waals surface area contributed by atoms with E-state index in [0.29, 0.717) is 18.9 Å². The van der Waals surface area contributed by atoms with Crippen molar-refractivity contribution in [2.24, 2.45) is 7.05 Å². The lowest BCUT2D eigenvalue weighted by atomic mass is 10.0. The molecular formula is C18H29N3O4S. The molecular weight excluding hydrogens is 354 g/mol. The van der Waals surface area contributed by atoms with Gasteiger partial charge in [0.2, 0.25) is 0 Å². The number of amides is 1. The summed E-state index contributed by atoms with van der Waals surface area (Å²) in [5, 5.41) is 4.61. The van der Waals surface area contributed by atoms with Gasteiger partial charge >= 0.3 is 6.09 Å². The molecule has 2 aliphatic rings. The minimum Gasteiger partial charge on any atom is -0.444 e. The fourth-order valence-electron chi connectivity index (χ4n) is 3.41. The highest BCUT2D eigenvalue weighted by Crippen LogP contribution is 2.40. The number of hydrogen-bond donors (Lipinski definition) is 0. The minimum atomic E-state index is -3.53. The summed E-state index contributed by atoms with van der Waals surface area (Å²) in [7, 11) is -1.86. The summed E-state index contributed by atoms with van der Waals surface area (Å²) in [5.74, 6) is 0.314. The molecule has 0 spiro atoms. The van der Waals surface area contributed by atoms with Gasteiger partial charge in [-0.05, 0) is 58.9 Å². The number of carbonyl (C=O) groups is 1. The van der Waals surface area contributed by atoms with Gasteiger partial charge in [0.25, 0.3) is 0 Å². The van der Waals surface area contributed by atoms with Crippen LogP contribution in [0.4, 0.5) is 4.79 Å². The molecule has 2 fully saturated rings. The first-order valence-corrected chi connectivity index (χ1v) is 11.0. The lowest BCUT2D eigenvalue weighted by Gasteiger charge is -2.36. The normalized spacial score (nSPS) is 21.7. The summed E-state index contributed by atoms with van der Waals surface area (Å²) in [5.41, 5.74) is 0.262. The molecule has 0 radical (unpaired) electrons. The number of sulfone groups is 1. The third-order valence-electron chi connectivity index (χ3n) is 4.84. The van der Waals surface area contributed by atoms with Crippen molar-refractivity contribution in [3.63, 3.8) is 0 Å². The highest BCUT2D eigenvalue weighted by atomic mass is 32.2. The highest BCUT2D eigenvalue weighted by molar-refractivity contribution is 7.91. The van der Waals surface area contributed by atoms with E-state index < -0.39 is 21.5 Å². The van der Waals surface area contributed by atoms with E-state index >= 15 is 0 Å².